The predicted molar refractivity (Wildman–Crippen MR) is 72.2 cm³/mol. The summed E-state index contributed by atoms with van der Waals surface area (Å²) in [5.41, 5.74) is 4.10. The van der Waals surface area contributed by atoms with E-state index in [-0.39, 0.29) is 32.8 Å². The van der Waals surface area contributed by atoms with Gasteiger partial charge in [-0.25, -0.2) is 0 Å². The van der Waals surface area contributed by atoms with Crippen molar-refractivity contribution in [2.24, 2.45) is 5.92 Å². The molecule has 3 heteroatoms. The van der Waals surface area contributed by atoms with Crippen molar-refractivity contribution in [3.05, 3.63) is 23.3 Å². The summed E-state index contributed by atoms with van der Waals surface area (Å²) < 4.78 is 6.74. The normalized spacial score (nSPS) is 22.2. The molecule has 2 atom stereocenters. The summed E-state index contributed by atoms with van der Waals surface area (Å²) in [6.07, 6.45) is 1.87. The van der Waals surface area contributed by atoms with Gasteiger partial charge in [0.15, 0.2) is 0 Å². The monoisotopic (exact) mass is 352 g/mol. The molecule has 2 unspecified atom stereocenters. The number of rotatable bonds is 4. The summed E-state index contributed by atoms with van der Waals surface area (Å²) in [7, 11) is 1.49. The summed E-state index contributed by atoms with van der Waals surface area (Å²) in [5.74, 6) is -0.00148. The molecule has 1 aliphatic heterocycles. The van der Waals surface area contributed by atoms with E-state index >= 15 is 0 Å². The molecule has 0 saturated heterocycles. The van der Waals surface area contributed by atoms with Crippen LogP contribution >= 0.6 is 0 Å². The van der Waals surface area contributed by atoms with Crippen LogP contribution in [0.3, 0.4) is 0 Å². The van der Waals surface area contributed by atoms with Crippen molar-refractivity contribution >= 4 is 26.9 Å². The Morgan fingerprint density at radius 3 is 2.65 bits per heavy atom. The zero-order valence-corrected chi connectivity index (χ0v) is 13.5. The molecule has 0 N–H and O–H groups in total. The Hall–Kier alpha value is -0.260. The summed E-state index contributed by atoms with van der Waals surface area (Å²) in [6, 6.07) is 0. The third kappa shape index (κ3) is 4.16. The fourth-order valence-electron chi connectivity index (χ4n) is 2.04. The van der Waals surface area contributed by atoms with Crippen LogP contribution in [0.5, 0.6) is 0 Å². The molecule has 0 amide bonds. The zero-order valence-electron chi connectivity index (χ0n) is 11.2. The van der Waals surface area contributed by atoms with E-state index < -0.39 is 0 Å². The first-order valence-electron chi connectivity index (χ1n) is 5.94. The second kappa shape index (κ2) is 6.61. The van der Waals surface area contributed by atoms with Crippen LogP contribution in [0.25, 0.3) is 0 Å². The average Bonchev–Trinajstić information content (AvgIpc) is 2.28. The number of hydrogen-bond acceptors (Lipinski definition) is 2. The Morgan fingerprint density at radius 2 is 2.18 bits per heavy atom. The molecule has 0 radical (unpaired) electrons. The molecule has 1 rings (SSSR count). The molecule has 2 nitrogen and oxygen atoms in total. The van der Waals surface area contributed by atoms with Gasteiger partial charge in [0.2, 0.25) is 0 Å². The van der Waals surface area contributed by atoms with Gasteiger partial charge in [0.05, 0.1) is 0 Å². The first kappa shape index (κ1) is 14.8. The first-order valence-corrected chi connectivity index (χ1v) is 8.94. The van der Waals surface area contributed by atoms with Gasteiger partial charge in [-0.15, -0.1) is 0 Å². The van der Waals surface area contributed by atoms with Crippen molar-refractivity contribution in [1.82, 2.24) is 0 Å². The van der Waals surface area contributed by atoms with E-state index in [9.17, 15) is 4.79 Å². The van der Waals surface area contributed by atoms with Gasteiger partial charge >= 0.3 is 115 Å². The quantitative estimate of drug-likeness (QED) is 0.442. The number of carbonyl (C=O) groups excluding carboxylic acids is 1. The fourth-order valence-corrected chi connectivity index (χ4v) is 6.37. The van der Waals surface area contributed by atoms with E-state index in [2.05, 4.69) is 20.4 Å². The van der Waals surface area contributed by atoms with Gasteiger partial charge in [0, 0.05) is 0 Å². The molecule has 1 heterocycles. The molecule has 1 aliphatic rings. The van der Waals surface area contributed by atoms with Crippen molar-refractivity contribution in [2.45, 2.75) is 42.0 Å². The van der Waals surface area contributed by atoms with Gasteiger partial charge in [0.1, 0.15) is 0 Å². The topological polar surface area (TPSA) is 26.3 Å². The molecular weight excluding hydrogens is 328 g/mol. The van der Waals surface area contributed by atoms with E-state index in [1.165, 1.54) is 17.2 Å². The van der Waals surface area contributed by atoms with E-state index in [0.29, 0.717) is 3.97 Å². The Balaban J connectivity index is 2.78. The Bertz CT molecular complexity index is 344. The van der Waals surface area contributed by atoms with Crippen molar-refractivity contribution in [2.75, 3.05) is 7.11 Å². The SMILES string of the molecule is C=C(C)CC(C(=O)OC)C1CC(C)=C(C)C[Te]1. The molecule has 0 spiro atoms. The van der Waals surface area contributed by atoms with Crippen molar-refractivity contribution in [3.63, 3.8) is 0 Å². The van der Waals surface area contributed by atoms with Crippen molar-refractivity contribution < 1.29 is 9.53 Å². The molecular formula is C14H22O2Te. The van der Waals surface area contributed by atoms with Crippen LogP contribution < -0.4 is 0 Å². The zero-order chi connectivity index (χ0) is 13.0. The molecule has 0 aromatic heterocycles. The fraction of sp³-hybridized carbons (Fsp3) is 0.643. The Kier molecular flexibility index (Phi) is 5.76. The number of ether oxygens (including phenoxy) is 1. The molecule has 17 heavy (non-hydrogen) atoms. The minimum atomic E-state index is -0.116. The van der Waals surface area contributed by atoms with Crippen LogP contribution in [-0.2, 0) is 9.53 Å². The van der Waals surface area contributed by atoms with E-state index in [1.807, 2.05) is 6.92 Å². The van der Waals surface area contributed by atoms with Crippen LogP contribution in [0.1, 0.15) is 33.6 Å². The maximum atomic E-state index is 11.9. The summed E-state index contributed by atoms with van der Waals surface area (Å²) in [4.78, 5) is 11.9. The second-order valence-electron chi connectivity index (χ2n) is 4.91. The van der Waals surface area contributed by atoms with Crippen molar-refractivity contribution in [1.29, 1.82) is 0 Å². The van der Waals surface area contributed by atoms with Gasteiger partial charge in [-0.3, -0.25) is 0 Å². The third-order valence-electron chi connectivity index (χ3n) is 3.27. The van der Waals surface area contributed by atoms with Gasteiger partial charge in [0.25, 0.3) is 0 Å². The van der Waals surface area contributed by atoms with Gasteiger partial charge in [-0.1, -0.05) is 0 Å². The predicted octanol–water partition coefficient (Wildman–Crippen LogP) is 3.39. The standard InChI is InChI=1S/C14H22O2Te/c1-9(2)6-12(14(15)16-5)13-7-10(3)11(4)8-17-13/h12-13H,1,6-8H2,2-5H3. The number of esters is 1. The van der Waals surface area contributed by atoms with E-state index in [1.54, 1.807) is 5.57 Å². The summed E-state index contributed by atoms with van der Waals surface area (Å²) in [6.45, 7) is 10.4. The molecule has 0 aromatic rings. The molecule has 96 valence electrons. The second-order valence-corrected chi connectivity index (χ2v) is 8.41. The van der Waals surface area contributed by atoms with Gasteiger partial charge < -0.3 is 0 Å². The maximum absolute atomic E-state index is 11.9. The van der Waals surface area contributed by atoms with Crippen LogP contribution in [0, 0.1) is 5.92 Å². The number of methoxy groups -OCH3 is 1. The van der Waals surface area contributed by atoms with Crippen molar-refractivity contribution in [3.8, 4) is 0 Å². The molecule has 0 aromatic carbocycles. The average molecular weight is 350 g/mol. The van der Waals surface area contributed by atoms with Gasteiger partial charge in [-0.2, -0.15) is 0 Å². The minimum absolute atomic E-state index is 0.0444. The summed E-state index contributed by atoms with van der Waals surface area (Å²) in [5, 5.41) is 0. The number of allylic oxidation sites excluding steroid dienone is 3. The van der Waals surface area contributed by atoms with Gasteiger partial charge in [-0.05, 0) is 0 Å². The molecule has 0 saturated carbocycles. The van der Waals surface area contributed by atoms with E-state index in [0.717, 1.165) is 18.4 Å². The van der Waals surface area contributed by atoms with Crippen LogP contribution in [0.4, 0.5) is 0 Å². The number of carbonyl (C=O) groups is 1. The third-order valence-corrected chi connectivity index (χ3v) is 7.62. The molecule has 0 aliphatic carbocycles. The molecule has 0 bridgehead atoms. The van der Waals surface area contributed by atoms with E-state index in [4.69, 9.17) is 4.74 Å². The Morgan fingerprint density at radius 1 is 1.53 bits per heavy atom. The summed E-state index contributed by atoms with van der Waals surface area (Å²) >= 11 is -0.116. The van der Waals surface area contributed by atoms with Crippen LogP contribution in [-0.4, -0.2) is 34.0 Å². The van der Waals surface area contributed by atoms with Crippen LogP contribution in [0.15, 0.2) is 23.3 Å². The first-order chi connectivity index (χ1) is 7.95. The Labute approximate surface area is 115 Å². The molecule has 0 fully saturated rings. The number of hydrogen-bond donors (Lipinski definition) is 0. The van der Waals surface area contributed by atoms with Crippen LogP contribution in [0.2, 0.25) is 8.43 Å².